The summed E-state index contributed by atoms with van der Waals surface area (Å²) in [5.41, 5.74) is 2.07. The standard InChI is InChI=1S/C16H16F2N2O3/c1-10-2-3-11(8-21)6-13(10)20-16(22)14-7-12(4-5-19-14)23-9-15(17)18/h2-7,15,21H,8-9H2,1H3,(H,20,22). The number of carbonyl (C=O) groups is 1. The second-order valence-electron chi connectivity index (χ2n) is 4.84. The molecule has 1 aromatic heterocycles. The largest absolute Gasteiger partial charge is 0.488 e. The van der Waals surface area contributed by atoms with Gasteiger partial charge in [0.05, 0.1) is 6.61 Å². The lowest BCUT2D eigenvalue weighted by atomic mass is 10.1. The fourth-order valence-electron chi connectivity index (χ4n) is 1.87. The van der Waals surface area contributed by atoms with E-state index in [1.54, 1.807) is 18.2 Å². The molecule has 0 aliphatic heterocycles. The first kappa shape index (κ1) is 16.8. The molecule has 1 aromatic carbocycles. The van der Waals surface area contributed by atoms with E-state index in [9.17, 15) is 13.6 Å². The van der Waals surface area contributed by atoms with Crippen molar-refractivity contribution in [2.24, 2.45) is 0 Å². The smallest absolute Gasteiger partial charge is 0.274 e. The molecule has 2 aromatic rings. The molecule has 2 N–H and O–H groups in total. The number of hydrogen-bond donors (Lipinski definition) is 2. The molecule has 0 unspecified atom stereocenters. The van der Waals surface area contributed by atoms with Crippen molar-refractivity contribution < 1.29 is 23.4 Å². The third-order valence-electron chi connectivity index (χ3n) is 3.07. The van der Waals surface area contributed by atoms with Gasteiger partial charge in [-0.25, -0.2) is 8.78 Å². The molecular formula is C16H16F2N2O3. The SMILES string of the molecule is Cc1ccc(CO)cc1NC(=O)c1cc(OCC(F)F)ccn1. The molecule has 0 spiro atoms. The van der Waals surface area contributed by atoms with Gasteiger partial charge in [0.1, 0.15) is 18.1 Å². The molecule has 7 heteroatoms. The summed E-state index contributed by atoms with van der Waals surface area (Å²) in [6, 6.07) is 7.88. The Morgan fingerprint density at radius 2 is 2.13 bits per heavy atom. The number of carbonyl (C=O) groups excluding carboxylic acids is 1. The minimum atomic E-state index is -2.59. The molecule has 0 aliphatic carbocycles. The number of ether oxygens (including phenoxy) is 1. The highest BCUT2D eigenvalue weighted by Crippen LogP contribution is 2.19. The molecule has 23 heavy (non-hydrogen) atoms. The summed E-state index contributed by atoms with van der Waals surface area (Å²) in [6.45, 7) is 0.924. The van der Waals surface area contributed by atoms with E-state index in [1.807, 2.05) is 6.92 Å². The van der Waals surface area contributed by atoms with E-state index in [-0.39, 0.29) is 18.1 Å². The fourth-order valence-corrected chi connectivity index (χ4v) is 1.87. The number of alkyl halides is 2. The first-order valence-electron chi connectivity index (χ1n) is 6.88. The molecule has 0 fully saturated rings. The van der Waals surface area contributed by atoms with Crippen molar-refractivity contribution in [3.8, 4) is 5.75 Å². The van der Waals surface area contributed by atoms with Gasteiger partial charge in [0.25, 0.3) is 12.3 Å². The van der Waals surface area contributed by atoms with Gasteiger partial charge in [0.15, 0.2) is 0 Å². The van der Waals surface area contributed by atoms with Crippen LogP contribution in [0.1, 0.15) is 21.6 Å². The van der Waals surface area contributed by atoms with Crippen LogP contribution < -0.4 is 10.1 Å². The number of amides is 1. The average Bonchev–Trinajstić information content (AvgIpc) is 2.55. The Balaban J connectivity index is 2.13. The molecule has 0 atom stereocenters. The molecule has 0 saturated heterocycles. The number of aromatic nitrogens is 1. The number of rotatable bonds is 6. The van der Waals surface area contributed by atoms with Gasteiger partial charge >= 0.3 is 0 Å². The van der Waals surface area contributed by atoms with Crippen molar-refractivity contribution >= 4 is 11.6 Å². The van der Waals surface area contributed by atoms with E-state index >= 15 is 0 Å². The second-order valence-corrected chi connectivity index (χ2v) is 4.84. The summed E-state index contributed by atoms with van der Waals surface area (Å²) in [4.78, 5) is 16.1. The van der Waals surface area contributed by atoms with Crippen LogP contribution in [0, 0.1) is 6.92 Å². The number of aliphatic hydroxyl groups is 1. The number of aryl methyl sites for hydroxylation is 1. The van der Waals surface area contributed by atoms with E-state index in [0.29, 0.717) is 11.3 Å². The lowest BCUT2D eigenvalue weighted by Gasteiger charge is -2.10. The summed E-state index contributed by atoms with van der Waals surface area (Å²) in [5.74, 6) is -0.350. The zero-order valence-electron chi connectivity index (χ0n) is 12.4. The van der Waals surface area contributed by atoms with Crippen molar-refractivity contribution in [1.29, 1.82) is 0 Å². The predicted octanol–water partition coefficient (Wildman–Crippen LogP) is 2.78. The van der Waals surface area contributed by atoms with Crippen LogP contribution in [0.25, 0.3) is 0 Å². The summed E-state index contributed by atoms with van der Waals surface area (Å²) in [7, 11) is 0. The Kier molecular flexibility index (Phi) is 5.59. The molecule has 0 radical (unpaired) electrons. The molecule has 1 amide bonds. The fraction of sp³-hybridized carbons (Fsp3) is 0.250. The normalized spacial score (nSPS) is 10.7. The van der Waals surface area contributed by atoms with E-state index < -0.39 is 18.9 Å². The van der Waals surface area contributed by atoms with Crippen molar-refractivity contribution in [2.45, 2.75) is 20.0 Å². The average molecular weight is 322 g/mol. The third-order valence-corrected chi connectivity index (χ3v) is 3.07. The number of benzene rings is 1. The van der Waals surface area contributed by atoms with Gasteiger partial charge in [-0.2, -0.15) is 0 Å². The second kappa shape index (κ2) is 7.64. The van der Waals surface area contributed by atoms with Crippen LogP contribution in [-0.2, 0) is 6.61 Å². The number of nitrogens with zero attached hydrogens (tertiary/aromatic N) is 1. The van der Waals surface area contributed by atoms with Gasteiger partial charge in [0, 0.05) is 18.0 Å². The van der Waals surface area contributed by atoms with Crippen LogP contribution in [0.5, 0.6) is 5.75 Å². The van der Waals surface area contributed by atoms with E-state index in [0.717, 1.165) is 5.56 Å². The summed E-state index contributed by atoms with van der Waals surface area (Å²) in [6.07, 6.45) is -1.28. The topological polar surface area (TPSA) is 71.5 Å². The molecule has 0 aliphatic rings. The van der Waals surface area contributed by atoms with Crippen LogP contribution >= 0.6 is 0 Å². The molecule has 5 nitrogen and oxygen atoms in total. The Labute approximate surface area is 131 Å². The van der Waals surface area contributed by atoms with Gasteiger partial charge in [-0.15, -0.1) is 0 Å². The number of aliphatic hydroxyl groups excluding tert-OH is 1. The Bertz CT molecular complexity index is 693. The third kappa shape index (κ3) is 4.72. The molecular weight excluding hydrogens is 306 g/mol. The van der Waals surface area contributed by atoms with E-state index in [2.05, 4.69) is 10.3 Å². The first-order chi connectivity index (χ1) is 11.0. The van der Waals surface area contributed by atoms with Gasteiger partial charge in [-0.05, 0) is 30.2 Å². The first-order valence-corrected chi connectivity index (χ1v) is 6.88. The van der Waals surface area contributed by atoms with Gasteiger partial charge in [-0.3, -0.25) is 9.78 Å². The number of nitrogens with one attached hydrogen (secondary N) is 1. The van der Waals surface area contributed by atoms with Crippen LogP contribution in [0.2, 0.25) is 0 Å². The Hall–Kier alpha value is -2.54. The predicted molar refractivity (Wildman–Crippen MR) is 80.8 cm³/mol. The number of hydrogen-bond acceptors (Lipinski definition) is 4. The van der Waals surface area contributed by atoms with Crippen LogP contribution in [0.4, 0.5) is 14.5 Å². The van der Waals surface area contributed by atoms with Crippen LogP contribution in [0.15, 0.2) is 36.5 Å². The maximum absolute atomic E-state index is 12.2. The van der Waals surface area contributed by atoms with E-state index in [1.165, 1.54) is 18.3 Å². The zero-order chi connectivity index (χ0) is 16.8. The highest BCUT2D eigenvalue weighted by molar-refractivity contribution is 6.03. The molecule has 1 heterocycles. The van der Waals surface area contributed by atoms with Crippen molar-refractivity contribution in [1.82, 2.24) is 4.98 Å². The quantitative estimate of drug-likeness (QED) is 0.858. The lowest BCUT2D eigenvalue weighted by molar-refractivity contribution is 0.0818. The summed E-state index contributed by atoms with van der Waals surface area (Å²) in [5, 5.41) is 11.8. The van der Waals surface area contributed by atoms with Crippen molar-refractivity contribution in [3.05, 3.63) is 53.3 Å². The maximum Gasteiger partial charge on any atom is 0.274 e. The highest BCUT2D eigenvalue weighted by atomic mass is 19.3. The lowest BCUT2D eigenvalue weighted by Crippen LogP contribution is -2.15. The molecule has 0 saturated carbocycles. The monoisotopic (exact) mass is 322 g/mol. The maximum atomic E-state index is 12.2. The van der Waals surface area contributed by atoms with Crippen LogP contribution in [-0.4, -0.2) is 29.0 Å². The Morgan fingerprint density at radius 1 is 1.35 bits per heavy atom. The minimum absolute atomic E-state index is 0.0468. The molecule has 2 rings (SSSR count). The minimum Gasteiger partial charge on any atom is -0.488 e. The summed E-state index contributed by atoms with van der Waals surface area (Å²) < 4.78 is 29.2. The highest BCUT2D eigenvalue weighted by Gasteiger charge is 2.12. The van der Waals surface area contributed by atoms with Crippen molar-refractivity contribution in [3.63, 3.8) is 0 Å². The number of pyridine rings is 1. The number of halogens is 2. The van der Waals surface area contributed by atoms with E-state index in [4.69, 9.17) is 9.84 Å². The summed E-state index contributed by atoms with van der Waals surface area (Å²) >= 11 is 0. The van der Waals surface area contributed by atoms with Gasteiger partial charge in [0.2, 0.25) is 0 Å². The number of anilines is 1. The van der Waals surface area contributed by atoms with Gasteiger partial charge < -0.3 is 15.2 Å². The Morgan fingerprint density at radius 3 is 2.83 bits per heavy atom. The molecule has 0 bridgehead atoms. The zero-order valence-corrected chi connectivity index (χ0v) is 12.4. The van der Waals surface area contributed by atoms with Crippen molar-refractivity contribution in [2.75, 3.05) is 11.9 Å². The van der Waals surface area contributed by atoms with Crippen LogP contribution in [0.3, 0.4) is 0 Å². The molecule has 122 valence electrons. The van der Waals surface area contributed by atoms with Gasteiger partial charge in [-0.1, -0.05) is 12.1 Å².